The highest BCUT2D eigenvalue weighted by atomic mass is 19.1. The summed E-state index contributed by atoms with van der Waals surface area (Å²) in [4.78, 5) is 11.5. The third kappa shape index (κ3) is 3.70. The lowest BCUT2D eigenvalue weighted by molar-refractivity contribution is 0.122. The number of ether oxygens (including phenoxy) is 1. The number of hydrogen-bond acceptors (Lipinski definition) is 3. The number of nitrogens with one attached hydrogen (secondary N) is 2. The minimum Gasteiger partial charge on any atom is -0.445 e. The van der Waals surface area contributed by atoms with Gasteiger partial charge in [0, 0.05) is 6.54 Å². The maximum absolute atomic E-state index is 13.4. The molecule has 98 valence electrons. The van der Waals surface area contributed by atoms with Gasteiger partial charge >= 0.3 is 6.09 Å². The topological polar surface area (TPSA) is 50.4 Å². The van der Waals surface area contributed by atoms with E-state index in [4.69, 9.17) is 4.74 Å². The molecule has 1 amide bonds. The van der Waals surface area contributed by atoms with E-state index in [1.807, 2.05) is 30.3 Å². The molecule has 0 aliphatic carbocycles. The molecule has 0 spiro atoms. The van der Waals surface area contributed by atoms with Gasteiger partial charge in [0.15, 0.2) is 0 Å². The number of rotatable bonds is 3. The highest BCUT2D eigenvalue weighted by molar-refractivity contribution is 5.67. The summed E-state index contributed by atoms with van der Waals surface area (Å²) in [7, 11) is 0. The molecule has 2 rings (SSSR count). The van der Waals surface area contributed by atoms with Crippen LogP contribution in [0.25, 0.3) is 0 Å². The van der Waals surface area contributed by atoms with E-state index in [2.05, 4.69) is 10.6 Å². The van der Waals surface area contributed by atoms with Crippen LogP contribution in [0.15, 0.2) is 30.3 Å². The zero-order valence-electron chi connectivity index (χ0n) is 10.1. The Morgan fingerprint density at radius 2 is 2.22 bits per heavy atom. The predicted octanol–water partition coefficient (Wildman–Crippen LogP) is 1.61. The standard InChI is InChI=1S/C13H17FN2O2/c14-11-8-15-7-6-12(11)16-13(17)18-9-10-4-2-1-3-5-10/h1-5,11-12,15H,6-9H2,(H,16,17)/t11?,12-/m0/s1. The van der Waals surface area contributed by atoms with Crippen molar-refractivity contribution < 1.29 is 13.9 Å². The molecule has 1 fully saturated rings. The third-order valence-electron chi connectivity index (χ3n) is 2.92. The zero-order chi connectivity index (χ0) is 12.8. The van der Waals surface area contributed by atoms with Gasteiger partial charge in [0.25, 0.3) is 0 Å². The summed E-state index contributed by atoms with van der Waals surface area (Å²) in [5.74, 6) is 0. The number of alkyl carbamates (subject to hydrolysis) is 1. The van der Waals surface area contributed by atoms with E-state index in [0.717, 1.165) is 5.56 Å². The van der Waals surface area contributed by atoms with E-state index in [1.165, 1.54) is 0 Å². The van der Waals surface area contributed by atoms with Gasteiger partial charge in [-0.25, -0.2) is 9.18 Å². The van der Waals surface area contributed by atoms with Crippen LogP contribution in [0.2, 0.25) is 0 Å². The Morgan fingerprint density at radius 1 is 1.44 bits per heavy atom. The van der Waals surface area contributed by atoms with Crippen LogP contribution in [-0.2, 0) is 11.3 Å². The Balaban J connectivity index is 1.75. The van der Waals surface area contributed by atoms with Crippen molar-refractivity contribution in [1.29, 1.82) is 0 Å². The van der Waals surface area contributed by atoms with Gasteiger partial charge in [0.1, 0.15) is 12.8 Å². The molecule has 0 radical (unpaired) electrons. The van der Waals surface area contributed by atoms with Crippen LogP contribution in [-0.4, -0.2) is 31.4 Å². The van der Waals surface area contributed by atoms with Gasteiger partial charge in [-0.15, -0.1) is 0 Å². The van der Waals surface area contributed by atoms with Gasteiger partial charge in [0.05, 0.1) is 6.04 Å². The van der Waals surface area contributed by atoms with Crippen molar-refractivity contribution in [3.05, 3.63) is 35.9 Å². The number of benzene rings is 1. The number of halogens is 1. The Bertz CT molecular complexity index is 386. The molecule has 1 aliphatic rings. The molecule has 0 saturated carbocycles. The van der Waals surface area contributed by atoms with Crippen LogP contribution in [0.3, 0.4) is 0 Å². The van der Waals surface area contributed by atoms with E-state index in [-0.39, 0.29) is 13.2 Å². The van der Waals surface area contributed by atoms with Gasteiger partial charge in [-0.05, 0) is 18.5 Å². The zero-order valence-corrected chi connectivity index (χ0v) is 10.1. The maximum Gasteiger partial charge on any atom is 0.407 e. The highest BCUT2D eigenvalue weighted by Crippen LogP contribution is 2.08. The number of piperidine rings is 1. The summed E-state index contributed by atoms with van der Waals surface area (Å²) in [6.45, 7) is 1.20. The van der Waals surface area contributed by atoms with Crippen molar-refractivity contribution in [2.45, 2.75) is 25.2 Å². The van der Waals surface area contributed by atoms with Crippen LogP contribution < -0.4 is 10.6 Å². The van der Waals surface area contributed by atoms with Crippen LogP contribution in [0, 0.1) is 0 Å². The minimum absolute atomic E-state index is 0.203. The maximum atomic E-state index is 13.4. The third-order valence-corrected chi connectivity index (χ3v) is 2.92. The Morgan fingerprint density at radius 3 is 2.94 bits per heavy atom. The van der Waals surface area contributed by atoms with Crippen molar-refractivity contribution in [1.82, 2.24) is 10.6 Å². The molecule has 4 nitrogen and oxygen atoms in total. The molecule has 5 heteroatoms. The molecule has 2 atom stereocenters. The normalized spacial score (nSPS) is 23.4. The first-order valence-corrected chi connectivity index (χ1v) is 6.07. The Kier molecular flexibility index (Phi) is 4.52. The summed E-state index contributed by atoms with van der Waals surface area (Å²) >= 11 is 0. The van der Waals surface area contributed by atoms with Crippen LogP contribution in [0.1, 0.15) is 12.0 Å². The summed E-state index contributed by atoms with van der Waals surface area (Å²) in [6.07, 6.45) is -1.03. The molecule has 18 heavy (non-hydrogen) atoms. The van der Waals surface area contributed by atoms with E-state index < -0.39 is 18.3 Å². The second kappa shape index (κ2) is 6.35. The largest absolute Gasteiger partial charge is 0.445 e. The number of hydrogen-bond donors (Lipinski definition) is 2. The smallest absolute Gasteiger partial charge is 0.407 e. The number of alkyl halides is 1. The first-order chi connectivity index (χ1) is 8.75. The fourth-order valence-corrected chi connectivity index (χ4v) is 1.90. The van der Waals surface area contributed by atoms with Gasteiger partial charge in [-0.2, -0.15) is 0 Å². The summed E-state index contributed by atoms with van der Waals surface area (Å²) in [6, 6.07) is 8.94. The Hall–Kier alpha value is -1.62. The van der Waals surface area contributed by atoms with Crippen LogP contribution in [0.4, 0.5) is 9.18 Å². The molecular formula is C13H17FN2O2. The number of amides is 1. The van der Waals surface area contributed by atoms with Crippen molar-refractivity contribution in [3.63, 3.8) is 0 Å². The number of carbonyl (C=O) groups excluding carboxylic acids is 1. The molecule has 1 heterocycles. The molecule has 0 bridgehead atoms. The van der Waals surface area contributed by atoms with Gasteiger partial charge in [-0.3, -0.25) is 0 Å². The lowest BCUT2D eigenvalue weighted by Crippen LogP contribution is -2.50. The molecule has 1 aromatic carbocycles. The lowest BCUT2D eigenvalue weighted by Gasteiger charge is -2.27. The molecule has 1 unspecified atom stereocenters. The highest BCUT2D eigenvalue weighted by Gasteiger charge is 2.26. The lowest BCUT2D eigenvalue weighted by atomic mass is 10.1. The van der Waals surface area contributed by atoms with Crippen molar-refractivity contribution in [2.24, 2.45) is 0 Å². The number of carbonyl (C=O) groups is 1. The van der Waals surface area contributed by atoms with Crippen LogP contribution in [0.5, 0.6) is 0 Å². The Labute approximate surface area is 106 Å². The SMILES string of the molecule is O=C(N[C@H]1CCNCC1F)OCc1ccccc1. The molecule has 1 saturated heterocycles. The van der Waals surface area contributed by atoms with Gasteiger partial charge in [-0.1, -0.05) is 30.3 Å². The van der Waals surface area contributed by atoms with E-state index in [0.29, 0.717) is 13.0 Å². The summed E-state index contributed by atoms with van der Waals surface area (Å²) in [5, 5.41) is 5.49. The fourth-order valence-electron chi connectivity index (χ4n) is 1.90. The van der Waals surface area contributed by atoms with Gasteiger partial charge in [0.2, 0.25) is 0 Å². The van der Waals surface area contributed by atoms with Crippen LogP contribution >= 0.6 is 0 Å². The molecule has 0 aromatic heterocycles. The second-order valence-electron chi connectivity index (χ2n) is 4.32. The summed E-state index contributed by atoms with van der Waals surface area (Å²) < 4.78 is 18.5. The quantitative estimate of drug-likeness (QED) is 0.859. The first-order valence-electron chi connectivity index (χ1n) is 6.07. The van der Waals surface area contributed by atoms with Crippen molar-refractivity contribution in [2.75, 3.05) is 13.1 Å². The summed E-state index contributed by atoms with van der Waals surface area (Å²) in [5.41, 5.74) is 0.912. The van der Waals surface area contributed by atoms with E-state index in [1.54, 1.807) is 0 Å². The predicted molar refractivity (Wildman–Crippen MR) is 65.9 cm³/mol. The van der Waals surface area contributed by atoms with Gasteiger partial charge < -0.3 is 15.4 Å². The average molecular weight is 252 g/mol. The first kappa shape index (κ1) is 12.8. The van der Waals surface area contributed by atoms with Crippen molar-refractivity contribution >= 4 is 6.09 Å². The van der Waals surface area contributed by atoms with Crippen molar-refractivity contribution in [3.8, 4) is 0 Å². The second-order valence-corrected chi connectivity index (χ2v) is 4.32. The minimum atomic E-state index is -1.05. The average Bonchev–Trinajstić information content (AvgIpc) is 2.40. The molecule has 1 aliphatic heterocycles. The van der Waals surface area contributed by atoms with E-state index in [9.17, 15) is 9.18 Å². The molecule has 1 aromatic rings. The fraction of sp³-hybridized carbons (Fsp3) is 0.462. The monoisotopic (exact) mass is 252 g/mol. The molecule has 2 N–H and O–H groups in total. The van der Waals surface area contributed by atoms with E-state index >= 15 is 0 Å². The molecular weight excluding hydrogens is 235 g/mol.